The van der Waals surface area contributed by atoms with Crippen molar-refractivity contribution in [2.75, 3.05) is 0 Å². The highest BCUT2D eigenvalue weighted by atomic mass is 16.4. The molecule has 2 rings (SSSR count). The molecule has 0 aliphatic carbocycles. The van der Waals surface area contributed by atoms with Crippen LogP contribution in [0.25, 0.3) is 5.65 Å². The maximum absolute atomic E-state index is 10.4. The molecule has 0 aromatic carbocycles. The summed E-state index contributed by atoms with van der Waals surface area (Å²) < 4.78 is 1.87. The highest BCUT2D eigenvalue weighted by molar-refractivity contribution is 5.66. The van der Waals surface area contributed by atoms with Crippen LogP contribution in [0.4, 0.5) is 0 Å². The second-order valence-electron chi connectivity index (χ2n) is 3.67. The molecule has 0 saturated heterocycles. The molecule has 2 aromatic heterocycles. The fraction of sp³-hybridized carbons (Fsp3) is 0.273. The van der Waals surface area contributed by atoms with E-state index in [0.717, 1.165) is 11.3 Å². The summed E-state index contributed by atoms with van der Waals surface area (Å²) in [5, 5.41) is 8.57. The molecule has 0 radical (unpaired) electrons. The van der Waals surface area contributed by atoms with E-state index in [1.807, 2.05) is 35.0 Å². The van der Waals surface area contributed by atoms with Crippen LogP contribution < -0.4 is 5.73 Å². The van der Waals surface area contributed by atoms with Crippen LogP contribution in [0.15, 0.2) is 30.6 Å². The minimum absolute atomic E-state index is 0.0645. The van der Waals surface area contributed by atoms with Gasteiger partial charge in [-0.2, -0.15) is 0 Å². The van der Waals surface area contributed by atoms with Gasteiger partial charge in [-0.05, 0) is 18.6 Å². The number of pyridine rings is 1. The number of nitrogens with zero attached hydrogens (tertiary/aromatic N) is 2. The standard InChI is InChI=1S/C11H13N3O2/c12-8(4-5-11(15)16)9-7-14-6-2-1-3-10(14)13-9/h1-3,6-8H,4-5,12H2,(H,15,16). The minimum atomic E-state index is -0.834. The minimum Gasteiger partial charge on any atom is -0.481 e. The van der Waals surface area contributed by atoms with Gasteiger partial charge in [0.05, 0.1) is 5.69 Å². The summed E-state index contributed by atoms with van der Waals surface area (Å²) in [5.41, 5.74) is 7.42. The lowest BCUT2D eigenvalue weighted by molar-refractivity contribution is -0.137. The summed E-state index contributed by atoms with van der Waals surface area (Å²) in [7, 11) is 0. The van der Waals surface area contributed by atoms with Crippen LogP contribution in [-0.4, -0.2) is 20.5 Å². The third kappa shape index (κ3) is 2.20. The fourth-order valence-corrected chi connectivity index (χ4v) is 1.56. The molecule has 1 atom stereocenters. The Morgan fingerprint density at radius 1 is 1.56 bits per heavy atom. The second-order valence-corrected chi connectivity index (χ2v) is 3.67. The molecule has 0 amide bonds. The Labute approximate surface area is 92.5 Å². The number of hydrogen-bond donors (Lipinski definition) is 2. The molecule has 16 heavy (non-hydrogen) atoms. The quantitative estimate of drug-likeness (QED) is 0.809. The number of rotatable bonds is 4. The number of aliphatic carboxylic acids is 1. The van der Waals surface area contributed by atoms with E-state index < -0.39 is 5.97 Å². The molecule has 5 heteroatoms. The van der Waals surface area contributed by atoms with E-state index in [4.69, 9.17) is 10.8 Å². The number of nitrogens with two attached hydrogens (primary N) is 1. The van der Waals surface area contributed by atoms with Crippen molar-refractivity contribution in [2.24, 2.45) is 5.73 Å². The first-order chi connectivity index (χ1) is 7.66. The number of fused-ring (bicyclic) bond motifs is 1. The third-order valence-corrected chi connectivity index (χ3v) is 2.43. The Balaban J connectivity index is 2.16. The zero-order chi connectivity index (χ0) is 11.5. The van der Waals surface area contributed by atoms with Crippen LogP contribution in [0.2, 0.25) is 0 Å². The zero-order valence-electron chi connectivity index (χ0n) is 8.71. The van der Waals surface area contributed by atoms with Gasteiger partial charge in [-0.3, -0.25) is 4.79 Å². The largest absolute Gasteiger partial charge is 0.481 e. The van der Waals surface area contributed by atoms with E-state index >= 15 is 0 Å². The zero-order valence-corrected chi connectivity index (χ0v) is 8.71. The molecule has 0 fully saturated rings. The first-order valence-electron chi connectivity index (χ1n) is 5.08. The highest BCUT2D eigenvalue weighted by Crippen LogP contribution is 2.15. The van der Waals surface area contributed by atoms with Crippen molar-refractivity contribution in [1.29, 1.82) is 0 Å². The number of carboxylic acid groups (broad SMARTS) is 1. The van der Waals surface area contributed by atoms with Crippen molar-refractivity contribution in [3.63, 3.8) is 0 Å². The van der Waals surface area contributed by atoms with Gasteiger partial charge < -0.3 is 15.2 Å². The van der Waals surface area contributed by atoms with E-state index in [1.54, 1.807) is 0 Å². The van der Waals surface area contributed by atoms with Crippen LogP contribution in [0.5, 0.6) is 0 Å². The summed E-state index contributed by atoms with van der Waals surface area (Å²) in [6, 6.07) is 5.36. The number of carbonyl (C=O) groups is 1. The Morgan fingerprint density at radius 3 is 3.06 bits per heavy atom. The van der Waals surface area contributed by atoms with Crippen LogP contribution in [-0.2, 0) is 4.79 Å². The van der Waals surface area contributed by atoms with E-state index in [9.17, 15) is 4.79 Å². The first-order valence-corrected chi connectivity index (χ1v) is 5.08. The average Bonchev–Trinajstić information content (AvgIpc) is 2.69. The van der Waals surface area contributed by atoms with Crippen LogP contribution in [0, 0.1) is 0 Å². The molecule has 5 nitrogen and oxygen atoms in total. The summed E-state index contributed by atoms with van der Waals surface area (Å²) >= 11 is 0. The van der Waals surface area contributed by atoms with Gasteiger partial charge in [0.2, 0.25) is 0 Å². The fourth-order valence-electron chi connectivity index (χ4n) is 1.56. The lowest BCUT2D eigenvalue weighted by Gasteiger charge is -2.05. The maximum Gasteiger partial charge on any atom is 0.303 e. The first kappa shape index (κ1) is 10.6. The number of aromatic nitrogens is 2. The molecule has 2 aromatic rings. The Morgan fingerprint density at radius 2 is 2.38 bits per heavy atom. The monoisotopic (exact) mass is 219 g/mol. The molecular weight excluding hydrogens is 206 g/mol. The lowest BCUT2D eigenvalue weighted by atomic mass is 10.1. The van der Waals surface area contributed by atoms with E-state index in [1.165, 1.54) is 0 Å². The van der Waals surface area contributed by atoms with E-state index in [-0.39, 0.29) is 12.5 Å². The molecule has 0 aliphatic heterocycles. The van der Waals surface area contributed by atoms with Gasteiger partial charge in [-0.25, -0.2) is 4.98 Å². The highest BCUT2D eigenvalue weighted by Gasteiger charge is 2.11. The van der Waals surface area contributed by atoms with Gasteiger partial charge in [0.25, 0.3) is 0 Å². The predicted molar refractivity (Wildman–Crippen MR) is 59.0 cm³/mol. The molecule has 2 heterocycles. The van der Waals surface area contributed by atoms with Crippen molar-refractivity contribution in [3.05, 3.63) is 36.3 Å². The molecular formula is C11H13N3O2. The van der Waals surface area contributed by atoms with Crippen LogP contribution in [0.3, 0.4) is 0 Å². The number of carboxylic acids is 1. The van der Waals surface area contributed by atoms with Gasteiger partial charge in [-0.1, -0.05) is 6.07 Å². The number of imidazole rings is 1. The molecule has 84 valence electrons. The van der Waals surface area contributed by atoms with E-state index in [0.29, 0.717) is 6.42 Å². The van der Waals surface area contributed by atoms with Gasteiger partial charge in [0.1, 0.15) is 5.65 Å². The van der Waals surface area contributed by atoms with Crippen molar-refractivity contribution in [2.45, 2.75) is 18.9 Å². The third-order valence-electron chi connectivity index (χ3n) is 2.43. The second kappa shape index (κ2) is 4.32. The summed E-state index contributed by atoms with van der Waals surface area (Å²) in [5.74, 6) is -0.834. The number of hydrogen-bond acceptors (Lipinski definition) is 3. The molecule has 3 N–H and O–H groups in total. The topological polar surface area (TPSA) is 80.6 Å². The van der Waals surface area contributed by atoms with Crippen molar-refractivity contribution < 1.29 is 9.90 Å². The van der Waals surface area contributed by atoms with Gasteiger partial charge in [0, 0.05) is 24.9 Å². The maximum atomic E-state index is 10.4. The summed E-state index contributed by atoms with van der Waals surface area (Å²) in [6.45, 7) is 0. The summed E-state index contributed by atoms with van der Waals surface area (Å²) in [4.78, 5) is 14.8. The molecule has 0 saturated carbocycles. The SMILES string of the molecule is NC(CCC(=O)O)c1cn2ccccc2n1. The smallest absolute Gasteiger partial charge is 0.303 e. The lowest BCUT2D eigenvalue weighted by Crippen LogP contribution is -2.12. The predicted octanol–water partition coefficient (Wildman–Crippen LogP) is 1.20. The van der Waals surface area contributed by atoms with Gasteiger partial charge in [-0.15, -0.1) is 0 Å². The Hall–Kier alpha value is -1.88. The van der Waals surface area contributed by atoms with E-state index in [2.05, 4.69) is 4.98 Å². The van der Waals surface area contributed by atoms with Crippen LogP contribution >= 0.6 is 0 Å². The van der Waals surface area contributed by atoms with Crippen molar-refractivity contribution in [3.8, 4) is 0 Å². The molecule has 0 spiro atoms. The van der Waals surface area contributed by atoms with Gasteiger partial charge >= 0.3 is 5.97 Å². The van der Waals surface area contributed by atoms with Crippen LogP contribution in [0.1, 0.15) is 24.6 Å². The average molecular weight is 219 g/mol. The Bertz CT molecular complexity index is 474. The van der Waals surface area contributed by atoms with Crippen molar-refractivity contribution >= 4 is 11.6 Å². The molecule has 1 unspecified atom stereocenters. The van der Waals surface area contributed by atoms with Crippen molar-refractivity contribution in [1.82, 2.24) is 9.38 Å². The normalized spacial score (nSPS) is 12.8. The molecule has 0 aliphatic rings. The summed E-state index contributed by atoms with van der Waals surface area (Å²) in [6.07, 6.45) is 4.19. The van der Waals surface area contributed by atoms with Gasteiger partial charge in [0.15, 0.2) is 0 Å². The molecule has 0 bridgehead atoms. The Kier molecular flexibility index (Phi) is 2.87.